The fourth-order valence-electron chi connectivity index (χ4n) is 3.33. The van der Waals surface area contributed by atoms with E-state index in [9.17, 15) is 13.2 Å². The zero-order chi connectivity index (χ0) is 30.4. The standard InChI is InChI=1S/C22H20ClN7O9S3/c1-11-19(23)25-22(42(3,34)35)26-20(11)24-13-4-9-16(17(10-13)41-39-37-33)27-28-18-12(2)29-30(21(18)31)14-5-7-15(8-6-14)40-38-36-32/h4-10,29,32-33H,1-3H3,(H,24,25,26). The molecule has 0 bridgehead atoms. The lowest BCUT2D eigenvalue weighted by Crippen LogP contribution is -2.13. The predicted molar refractivity (Wildman–Crippen MR) is 151 cm³/mol. The number of sulfone groups is 1. The van der Waals surface area contributed by atoms with Crippen LogP contribution in [0, 0.1) is 13.8 Å². The summed E-state index contributed by atoms with van der Waals surface area (Å²) in [4.78, 5) is 21.8. The molecule has 4 N–H and O–H groups in total. The van der Waals surface area contributed by atoms with Crippen LogP contribution in [0.15, 0.2) is 72.4 Å². The lowest BCUT2D eigenvalue weighted by Gasteiger charge is -2.12. The molecule has 0 radical (unpaired) electrons. The Labute approximate surface area is 250 Å². The van der Waals surface area contributed by atoms with Gasteiger partial charge in [-0.3, -0.25) is 9.89 Å². The second-order valence-corrected chi connectivity index (χ2v) is 12.0. The third kappa shape index (κ3) is 7.52. The topological polar surface area (TPSA) is 212 Å². The van der Waals surface area contributed by atoms with Gasteiger partial charge >= 0.3 is 0 Å². The van der Waals surface area contributed by atoms with Crippen molar-refractivity contribution in [3.8, 4) is 5.69 Å². The number of nitrogens with one attached hydrogen (secondary N) is 2. The molecule has 0 amide bonds. The van der Waals surface area contributed by atoms with Gasteiger partial charge in [0.15, 0.2) is 5.69 Å². The number of aromatic amines is 1. The van der Waals surface area contributed by atoms with E-state index in [0.717, 1.165) is 18.3 Å². The Morgan fingerprint density at radius 3 is 2.38 bits per heavy atom. The summed E-state index contributed by atoms with van der Waals surface area (Å²) in [5.74, 6) is 0.143. The number of H-pyrrole nitrogens is 1. The van der Waals surface area contributed by atoms with Crippen LogP contribution in [0.5, 0.6) is 0 Å². The van der Waals surface area contributed by atoms with Gasteiger partial charge in [0, 0.05) is 22.4 Å². The van der Waals surface area contributed by atoms with E-state index < -0.39 is 20.6 Å². The summed E-state index contributed by atoms with van der Waals surface area (Å²) in [6.07, 6.45) is 0.959. The molecule has 16 nitrogen and oxygen atoms in total. The van der Waals surface area contributed by atoms with Crippen molar-refractivity contribution < 1.29 is 37.7 Å². The molecule has 42 heavy (non-hydrogen) atoms. The first-order valence-electron chi connectivity index (χ1n) is 11.3. The second kappa shape index (κ2) is 13.7. The lowest BCUT2D eigenvalue weighted by atomic mass is 10.2. The zero-order valence-corrected chi connectivity index (χ0v) is 24.8. The van der Waals surface area contributed by atoms with Crippen LogP contribution in [0.4, 0.5) is 22.9 Å². The molecule has 0 aliphatic heterocycles. The quantitative estimate of drug-likeness (QED) is 0.0362. The summed E-state index contributed by atoms with van der Waals surface area (Å²) in [5, 5.41) is 37.9. The Balaban J connectivity index is 1.63. The number of rotatable bonds is 12. The highest BCUT2D eigenvalue weighted by Crippen LogP contribution is 2.35. The van der Waals surface area contributed by atoms with Crippen molar-refractivity contribution in [2.45, 2.75) is 28.8 Å². The summed E-state index contributed by atoms with van der Waals surface area (Å²) in [7, 11) is -3.74. The summed E-state index contributed by atoms with van der Waals surface area (Å²) in [5.41, 5.74) is 1.52. The SMILES string of the molecule is Cc1[nH]n(-c2ccc(SOOO)cc2)c(=O)c1N=Nc1ccc(Nc2nc(S(C)(=O)=O)nc(Cl)c2C)cc1SOOO. The maximum Gasteiger partial charge on any atom is 0.299 e. The molecule has 0 spiro atoms. The summed E-state index contributed by atoms with van der Waals surface area (Å²) >= 11 is 7.47. The Morgan fingerprint density at radius 1 is 1.02 bits per heavy atom. The van der Waals surface area contributed by atoms with Gasteiger partial charge in [-0.15, -0.1) is 18.9 Å². The fourth-order valence-corrected chi connectivity index (χ4v) is 4.90. The third-order valence-corrected chi connectivity index (χ3v) is 7.77. The highest BCUT2D eigenvalue weighted by atomic mass is 35.5. The van der Waals surface area contributed by atoms with Crippen LogP contribution in [0.2, 0.25) is 5.15 Å². The zero-order valence-electron chi connectivity index (χ0n) is 21.6. The molecule has 222 valence electrons. The Kier molecular flexibility index (Phi) is 10.3. The molecule has 4 aromatic rings. The van der Waals surface area contributed by atoms with E-state index in [1.807, 2.05) is 0 Å². The van der Waals surface area contributed by atoms with Crippen molar-refractivity contribution in [1.29, 1.82) is 0 Å². The molecule has 4 rings (SSSR count). The van der Waals surface area contributed by atoms with Crippen LogP contribution in [-0.2, 0) is 28.6 Å². The second-order valence-electron chi connectivity index (χ2n) is 8.22. The van der Waals surface area contributed by atoms with Gasteiger partial charge < -0.3 is 5.32 Å². The van der Waals surface area contributed by atoms with Crippen molar-refractivity contribution in [2.75, 3.05) is 11.6 Å². The molecule has 0 saturated heterocycles. The Morgan fingerprint density at radius 2 is 1.71 bits per heavy atom. The molecule has 0 aliphatic rings. The highest BCUT2D eigenvalue weighted by Gasteiger charge is 2.18. The van der Waals surface area contributed by atoms with Gasteiger partial charge in [0.25, 0.3) is 5.56 Å². The fraction of sp³-hybridized carbons (Fsp3) is 0.136. The molecular formula is C22H20ClN7O9S3. The van der Waals surface area contributed by atoms with Crippen LogP contribution < -0.4 is 10.9 Å². The maximum atomic E-state index is 13.1. The average molecular weight is 658 g/mol. The maximum absolute atomic E-state index is 13.1. The number of halogens is 1. The largest absolute Gasteiger partial charge is 0.340 e. The summed E-state index contributed by atoms with van der Waals surface area (Å²) < 4.78 is 34.1. The molecule has 0 unspecified atom stereocenters. The van der Waals surface area contributed by atoms with Crippen LogP contribution in [0.1, 0.15) is 11.3 Å². The monoisotopic (exact) mass is 657 g/mol. The normalized spacial score (nSPS) is 11.9. The number of hydrogen-bond acceptors (Lipinski definition) is 16. The van der Waals surface area contributed by atoms with Crippen LogP contribution in [0.3, 0.4) is 0 Å². The van der Waals surface area contributed by atoms with Gasteiger partial charge in [0.05, 0.1) is 40.4 Å². The molecule has 2 aromatic carbocycles. The van der Waals surface area contributed by atoms with Gasteiger partial charge in [-0.1, -0.05) is 21.7 Å². The molecular weight excluding hydrogens is 638 g/mol. The van der Waals surface area contributed by atoms with Gasteiger partial charge in [-0.25, -0.2) is 33.6 Å². The van der Waals surface area contributed by atoms with Gasteiger partial charge in [-0.05, 0) is 56.3 Å². The molecule has 20 heteroatoms. The number of hydrogen-bond donors (Lipinski definition) is 4. The van der Waals surface area contributed by atoms with Crippen LogP contribution in [-0.4, -0.2) is 44.9 Å². The predicted octanol–water partition coefficient (Wildman–Crippen LogP) is 5.64. The van der Waals surface area contributed by atoms with E-state index in [-0.39, 0.29) is 27.2 Å². The summed E-state index contributed by atoms with van der Waals surface area (Å²) in [6, 6.07) is 11.2. The molecule has 2 aromatic heterocycles. The van der Waals surface area contributed by atoms with Gasteiger partial charge in [0.2, 0.25) is 15.0 Å². The minimum atomic E-state index is -3.74. The first kappa shape index (κ1) is 31.6. The van der Waals surface area contributed by atoms with Gasteiger partial charge in [-0.2, -0.15) is 0 Å². The van der Waals surface area contributed by atoms with Crippen LogP contribution >= 0.6 is 35.7 Å². The number of nitrogens with zero attached hydrogens (tertiary/aromatic N) is 5. The number of anilines is 2. The van der Waals surface area contributed by atoms with E-state index in [0.29, 0.717) is 39.6 Å². The molecule has 2 heterocycles. The van der Waals surface area contributed by atoms with Crippen molar-refractivity contribution in [2.24, 2.45) is 10.2 Å². The molecule has 0 aliphatic carbocycles. The minimum absolute atomic E-state index is 0.0301. The number of aryl methyl sites for hydroxylation is 1. The first-order chi connectivity index (χ1) is 20.0. The van der Waals surface area contributed by atoms with E-state index >= 15 is 0 Å². The van der Waals surface area contributed by atoms with E-state index in [4.69, 9.17) is 22.1 Å². The first-order valence-corrected chi connectivity index (χ1v) is 15.1. The summed E-state index contributed by atoms with van der Waals surface area (Å²) in [6.45, 7) is 3.26. The number of aromatic nitrogens is 4. The molecule has 0 fully saturated rings. The minimum Gasteiger partial charge on any atom is -0.340 e. The number of azo groups is 1. The van der Waals surface area contributed by atoms with Crippen molar-refractivity contribution >= 4 is 68.4 Å². The third-order valence-electron chi connectivity index (χ3n) is 5.33. The van der Waals surface area contributed by atoms with Crippen molar-refractivity contribution in [3.63, 3.8) is 0 Å². The highest BCUT2D eigenvalue weighted by molar-refractivity contribution is 7.94. The molecule has 0 saturated carbocycles. The smallest absolute Gasteiger partial charge is 0.299 e. The van der Waals surface area contributed by atoms with E-state index in [1.54, 1.807) is 44.2 Å². The van der Waals surface area contributed by atoms with Crippen molar-refractivity contribution in [1.82, 2.24) is 19.7 Å². The van der Waals surface area contributed by atoms with E-state index in [2.05, 4.69) is 49.4 Å². The van der Waals surface area contributed by atoms with E-state index in [1.165, 1.54) is 16.8 Å². The van der Waals surface area contributed by atoms with Gasteiger partial charge in [0.1, 0.15) is 16.7 Å². The van der Waals surface area contributed by atoms with Crippen LogP contribution in [0.25, 0.3) is 5.69 Å². The Hall–Kier alpha value is -3.37. The van der Waals surface area contributed by atoms with Crippen molar-refractivity contribution in [3.05, 3.63) is 69.2 Å². The molecule has 0 atom stereocenters. The average Bonchev–Trinajstić information content (AvgIpc) is 3.24. The Bertz CT molecular complexity index is 1780. The lowest BCUT2D eigenvalue weighted by molar-refractivity contribution is -0.432. The number of benzene rings is 2.